The van der Waals surface area contributed by atoms with Crippen molar-refractivity contribution in [3.8, 4) is 0 Å². The maximum absolute atomic E-state index is 12.6. The quantitative estimate of drug-likeness (QED) is 0.430. The minimum Gasteiger partial charge on any atom is -0.289 e. The molecule has 16 heavy (non-hydrogen) atoms. The summed E-state index contributed by atoms with van der Waals surface area (Å²) < 4.78 is 24.4. The van der Waals surface area contributed by atoms with Gasteiger partial charge in [0.2, 0.25) is 0 Å². The van der Waals surface area contributed by atoms with E-state index in [1.807, 2.05) is 0 Å². The maximum Gasteiger partial charge on any atom is 0.193 e. The van der Waals surface area contributed by atoms with Gasteiger partial charge in [0.05, 0.1) is 6.33 Å². The van der Waals surface area contributed by atoms with Crippen molar-refractivity contribution >= 4 is 5.78 Å². The summed E-state index contributed by atoms with van der Waals surface area (Å²) in [5.74, 6) is -0.738. The van der Waals surface area contributed by atoms with E-state index in [0.717, 1.165) is 6.08 Å². The highest BCUT2D eigenvalue weighted by Gasteiger charge is 2.08. The lowest BCUT2D eigenvalue weighted by atomic mass is 10.0. The van der Waals surface area contributed by atoms with Crippen molar-refractivity contribution in [2.24, 2.45) is 0 Å². The molecule has 1 rings (SSSR count). The van der Waals surface area contributed by atoms with Gasteiger partial charge < -0.3 is 0 Å². The SMILES string of the molecule is C=C/C(=C\C=C\F)C(=O)c1ccc(F)cc1. The predicted octanol–water partition coefficient (Wildman–Crippen LogP) is 3.60. The van der Waals surface area contributed by atoms with Gasteiger partial charge in [0.1, 0.15) is 5.82 Å². The van der Waals surface area contributed by atoms with Gasteiger partial charge in [0.15, 0.2) is 5.78 Å². The standard InChI is InChI=1S/C13H10F2O/c1-2-10(4-3-9-14)13(16)11-5-7-12(15)8-6-11/h2-9H,1H2/b9-3+,10-4+. The molecule has 1 aromatic rings. The molecule has 3 heteroatoms. The molecular formula is C13H10F2O. The third-order valence-electron chi connectivity index (χ3n) is 1.94. The number of Topliss-reactive ketones (excluding diaryl/α,β-unsaturated/α-hetero) is 1. The van der Waals surface area contributed by atoms with Gasteiger partial charge in [-0.3, -0.25) is 4.79 Å². The lowest BCUT2D eigenvalue weighted by Gasteiger charge is -2.00. The van der Waals surface area contributed by atoms with Crippen LogP contribution in [0.15, 0.2) is 61.0 Å². The first-order chi connectivity index (χ1) is 7.69. The summed E-state index contributed by atoms with van der Waals surface area (Å²) in [7, 11) is 0. The normalized spacial score (nSPS) is 11.8. The fraction of sp³-hybridized carbons (Fsp3) is 0. The van der Waals surface area contributed by atoms with E-state index in [0.29, 0.717) is 11.9 Å². The second kappa shape index (κ2) is 5.75. The lowest BCUT2D eigenvalue weighted by Crippen LogP contribution is -2.01. The third-order valence-corrected chi connectivity index (χ3v) is 1.94. The van der Waals surface area contributed by atoms with Gasteiger partial charge in [-0.1, -0.05) is 12.7 Å². The van der Waals surface area contributed by atoms with Crippen molar-refractivity contribution in [2.75, 3.05) is 0 Å². The van der Waals surface area contributed by atoms with Gasteiger partial charge in [0.25, 0.3) is 0 Å². The number of halogens is 2. The van der Waals surface area contributed by atoms with Gasteiger partial charge in [-0.15, -0.1) is 0 Å². The molecule has 1 nitrogen and oxygen atoms in total. The van der Waals surface area contributed by atoms with Crippen molar-refractivity contribution in [1.29, 1.82) is 0 Å². The first kappa shape index (κ1) is 12.0. The highest BCUT2D eigenvalue weighted by Crippen LogP contribution is 2.10. The number of carbonyl (C=O) groups excluding carboxylic acids is 1. The first-order valence-electron chi connectivity index (χ1n) is 4.58. The summed E-state index contributed by atoms with van der Waals surface area (Å²) in [4.78, 5) is 11.8. The Morgan fingerprint density at radius 2 is 1.88 bits per heavy atom. The zero-order chi connectivity index (χ0) is 12.0. The van der Waals surface area contributed by atoms with Gasteiger partial charge in [0, 0.05) is 11.1 Å². The summed E-state index contributed by atoms with van der Waals surface area (Å²) in [6.45, 7) is 3.46. The Kier molecular flexibility index (Phi) is 4.33. The average molecular weight is 220 g/mol. The average Bonchev–Trinajstić information content (AvgIpc) is 2.30. The molecule has 0 amide bonds. The zero-order valence-corrected chi connectivity index (χ0v) is 8.49. The van der Waals surface area contributed by atoms with Crippen LogP contribution in [0.3, 0.4) is 0 Å². The van der Waals surface area contributed by atoms with E-state index in [4.69, 9.17) is 0 Å². The highest BCUT2D eigenvalue weighted by molar-refractivity contribution is 6.10. The molecule has 0 N–H and O–H groups in total. The largest absolute Gasteiger partial charge is 0.289 e. The van der Waals surface area contributed by atoms with Crippen LogP contribution < -0.4 is 0 Å². The molecule has 0 spiro atoms. The second-order valence-electron chi connectivity index (χ2n) is 2.98. The fourth-order valence-electron chi connectivity index (χ4n) is 1.14. The predicted molar refractivity (Wildman–Crippen MR) is 59.3 cm³/mol. The summed E-state index contributed by atoms with van der Waals surface area (Å²) >= 11 is 0. The molecule has 0 heterocycles. The van der Waals surface area contributed by atoms with Gasteiger partial charge in [-0.05, 0) is 36.4 Å². The topological polar surface area (TPSA) is 17.1 Å². The van der Waals surface area contributed by atoms with E-state index in [-0.39, 0.29) is 11.4 Å². The number of hydrogen-bond donors (Lipinski definition) is 0. The van der Waals surface area contributed by atoms with Crippen LogP contribution in [0, 0.1) is 5.82 Å². The molecule has 0 unspecified atom stereocenters. The van der Waals surface area contributed by atoms with Crippen molar-refractivity contribution in [1.82, 2.24) is 0 Å². The minimum atomic E-state index is -0.413. The van der Waals surface area contributed by atoms with Crippen LogP contribution >= 0.6 is 0 Å². The molecule has 1 aromatic carbocycles. The van der Waals surface area contributed by atoms with E-state index in [1.54, 1.807) is 0 Å². The Morgan fingerprint density at radius 1 is 1.25 bits per heavy atom. The maximum atomic E-state index is 12.6. The molecule has 0 aromatic heterocycles. The molecule has 0 radical (unpaired) electrons. The Balaban J connectivity index is 3.00. The molecular weight excluding hydrogens is 210 g/mol. The van der Waals surface area contributed by atoms with E-state index < -0.39 is 5.82 Å². The first-order valence-corrected chi connectivity index (χ1v) is 4.58. The third kappa shape index (κ3) is 2.98. The highest BCUT2D eigenvalue weighted by atomic mass is 19.1. The van der Waals surface area contributed by atoms with Gasteiger partial charge in [-0.25, -0.2) is 8.78 Å². The van der Waals surface area contributed by atoms with Gasteiger partial charge in [-0.2, -0.15) is 0 Å². The minimum absolute atomic E-state index is 0.250. The molecule has 0 aliphatic carbocycles. The second-order valence-corrected chi connectivity index (χ2v) is 2.98. The van der Waals surface area contributed by atoms with Crippen LogP contribution in [0.1, 0.15) is 10.4 Å². The summed E-state index contributed by atoms with van der Waals surface area (Å²) in [6, 6.07) is 5.13. The Hall–Kier alpha value is -2.03. The van der Waals surface area contributed by atoms with Crippen molar-refractivity contribution < 1.29 is 13.6 Å². The molecule has 82 valence electrons. The number of benzene rings is 1. The monoisotopic (exact) mass is 220 g/mol. The number of carbonyl (C=O) groups is 1. The summed E-state index contributed by atoms with van der Waals surface area (Å²) in [6.07, 6.45) is 4.05. The van der Waals surface area contributed by atoms with E-state index in [9.17, 15) is 13.6 Å². The van der Waals surface area contributed by atoms with Crippen LogP contribution in [0.25, 0.3) is 0 Å². The number of ketones is 1. The van der Waals surface area contributed by atoms with E-state index in [2.05, 4.69) is 6.58 Å². The van der Waals surface area contributed by atoms with E-state index in [1.165, 1.54) is 36.4 Å². The molecule has 0 fully saturated rings. The molecule has 0 aliphatic rings. The smallest absolute Gasteiger partial charge is 0.193 e. The Morgan fingerprint density at radius 3 is 2.38 bits per heavy atom. The van der Waals surface area contributed by atoms with Crippen LogP contribution in [0.4, 0.5) is 8.78 Å². The fourth-order valence-corrected chi connectivity index (χ4v) is 1.14. The molecule has 0 atom stereocenters. The number of rotatable bonds is 4. The van der Waals surface area contributed by atoms with Crippen molar-refractivity contribution in [3.63, 3.8) is 0 Å². The van der Waals surface area contributed by atoms with Crippen LogP contribution in [-0.4, -0.2) is 5.78 Å². The van der Waals surface area contributed by atoms with Gasteiger partial charge >= 0.3 is 0 Å². The summed E-state index contributed by atoms with van der Waals surface area (Å²) in [5.41, 5.74) is 0.584. The Bertz CT molecular complexity index is 442. The van der Waals surface area contributed by atoms with Crippen LogP contribution in [-0.2, 0) is 0 Å². The lowest BCUT2D eigenvalue weighted by molar-refractivity contribution is 0.103. The van der Waals surface area contributed by atoms with Crippen molar-refractivity contribution in [3.05, 3.63) is 72.4 Å². The molecule has 0 aliphatic heterocycles. The van der Waals surface area contributed by atoms with Crippen molar-refractivity contribution in [2.45, 2.75) is 0 Å². The zero-order valence-electron chi connectivity index (χ0n) is 8.49. The number of allylic oxidation sites excluding steroid dienone is 4. The van der Waals surface area contributed by atoms with E-state index >= 15 is 0 Å². The molecule has 0 saturated carbocycles. The molecule has 0 saturated heterocycles. The summed E-state index contributed by atoms with van der Waals surface area (Å²) in [5, 5.41) is 0. The number of hydrogen-bond acceptors (Lipinski definition) is 1. The molecule has 0 bridgehead atoms. The Labute approximate surface area is 92.4 Å². The van der Waals surface area contributed by atoms with Crippen LogP contribution in [0.5, 0.6) is 0 Å². The van der Waals surface area contributed by atoms with Crippen LogP contribution in [0.2, 0.25) is 0 Å².